The Morgan fingerprint density at radius 1 is 1.45 bits per heavy atom. The van der Waals surface area contributed by atoms with Crippen LogP contribution in [0.4, 0.5) is 0 Å². The molecule has 3 N–H and O–H groups in total. The lowest BCUT2D eigenvalue weighted by atomic mass is 10.1. The Balaban J connectivity index is 3.25. The van der Waals surface area contributed by atoms with Crippen molar-refractivity contribution in [3.05, 3.63) is 35.0 Å². The number of benzene rings is 1. The van der Waals surface area contributed by atoms with Crippen LogP contribution in [0.3, 0.4) is 0 Å². The molecule has 22 heavy (non-hydrogen) atoms. The van der Waals surface area contributed by atoms with Crippen molar-refractivity contribution in [2.24, 2.45) is 5.73 Å². The van der Waals surface area contributed by atoms with Crippen LogP contribution in [-0.4, -0.2) is 32.1 Å². The Kier molecular flexibility index (Phi) is 6.60. The van der Waals surface area contributed by atoms with Crippen molar-refractivity contribution in [1.29, 1.82) is 5.26 Å². The van der Waals surface area contributed by atoms with Crippen LogP contribution >= 0.6 is 0 Å². The number of carbonyl (C=O) groups is 2. The minimum atomic E-state index is -0.690. The molecule has 7 nitrogen and oxygen atoms in total. The number of nitrogens with zero attached hydrogens (tertiary/aromatic N) is 1. The van der Waals surface area contributed by atoms with Gasteiger partial charge in [0.15, 0.2) is 0 Å². The zero-order valence-corrected chi connectivity index (χ0v) is 12.4. The van der Waals surface area contributed by atoms with Gasteiger partial charge in [0.1, 0.15) is 18.1 Å². The van der Waals surface area contributed by atoms with Crippen LogP contribution in [0.1, 0.15) is 18.1 Å². The molecule has 0 heterocycles. The SMILES string of the molecule is COC(=O)C(=Cc1ccc(C#N)cc1OCCN)NC(C)=O. The highest BCUT2D eigenvalue weighted by molar-refractivity contribution is 5.97. The van der Waals surface area contributed by atoms with Gasteiger partial charge in [0.05, 0.1) is 18.7 Å². The number of carbonyl (C=O) groups excluding carboxylic acids is 2. The molecule has 0 unspecified atom stereocenters. The minimum Gasteiger partial charge on any atom is -0.492 e. The number of hydrogen-bond donors (Lipinski definition) is 2. The van der Waals surface area contributed by atoms with Gasteiger partial charge in [-0.05, 0) is 24.3 Å². The molecule has 1 aromatic carbocycles. The van der Waals surface area contributed by atoms with Gasteiger partial charge < -0.3 is 20.5 Å². The Labute approximate surface area is 128 Å². The summed E-state index contributed by atoms with van der Waals surface area (Å²) in [6.07, 6.45) is 1.42. The lowest BCUT2D eigenvalue weighted by Gasteiger charge is -2.11. The van der Waals surface area contributed by atoms with E-state index in [9.17, 15) is 9.59 Å². The van der Waals surface area contributed by atoms with Gasteiger partial charge in [0.2, 0.25) is 5.91 Å². The molecule has 0 atom stereocenters. The number of rotatable bonds is 6. The molecule has 0 saturated heterocycles. The minimum absolute atomic E-state index is 0.0303. The number of hydrogen-bond acceptors (Lipinski definition) is 6. The zero-order valence-electron chi connectivity index (χ0n) is 12.4. The molecule has 7 heteroatoms. The Morgan fingerprint density at radius 3 is 2.73 bits per heavy atom. The van der Waals surface area contributed by atoms with Crippen LogP contribution in [0.2, 0.25) is 0 Å². The van der Waals surface area contributed by atoms with E-state index in [-0.39, 0.29) is 12.3 Å². The molecule has 0 aliphatic carbocycles. The van der Waals surface area contributed by atoms with E-state index in [2.05, 4.69) is 10.1 Å². The van der Waals surface area contributed by atoms with Crippen LogP contribution in [-0.2, 0) is 14.3 Å². The maximum Gasteiger partial charge on any atom is 0.354 e. The van der Waals surface area contributed by atoms with Crippen molar-refractivity contribution >= 4 is 18.0 Å². The molecule has 0 fully saturated rings. The van der Waals surface area contributed by atoms with Crippen molar-refractivity contribution in [1.82, 2.24) is 5.32 Å². The van der Waals surface area contributed by atoms with Crippen LogP contribution in [0.25, 0.3) is 6.08 Å². The summed E-state index contributed by atoms with van der Waals surface area (Å²) in [6.45, 7) is 1.83. The molecule has 0 saturated carbocycles. The van der Waals surface area contributed by atoms with Gasteiger partial charge in [-0.25, -0.2) is 4.79 Å². The van der Waals surface area contributed by atoms with Gasteiger partial charge in [-0.1, -0.05) is 0 Å². The maximum atomic E-state index is 11.7. The van der Waals surface area contributed by atoms with Crippen LogP contribution in [0, 0.1) is 11.3 Å². The van der Waals surface area contributed by atoms with Gasteiger partial charge in [0.25, 0.3) is 0 Å². The first-order valence-electron chi connectivity index (χ1n) is 6.46. The number of nitriles is 1. The second-order valence-electron chi connectivity index (χ2n) is 4.23. The van der Waals surface area contributed by atoms with Crippen molar-refractivity contribution < 1.29 is 19.1 Å². The van der Waals surface area contributed by atoms with Crippen molar-refractivity contribution in [3.8, 4) is 11.8 Å². The third kappa shape index (κ3) is 4.92. The molecular formula is C15H17N3O4. The second-order valence-corrected chi connectivity index (χ2v) is 4.23. The smallest absolute Gasteiger partial charge is 0.354 e. The summed E-state index contributed by atoms with van der Waals surface area (Å²) >= 11 is 0. The zero-order chi connectivity index (χ0) is 16.5. The molecule has 0 aliphatic heterocycles. The third-order valence-corrected chi connectivity index (χ3v) is 2.53. The molecule has 1 rings (SSSR count). The standard InChI is InChI=1S/C15H17N3O4/c1-10(19)18-13(15(20)21-2)8-12-4-3-11(9-17)7-14(12)22-6-5-16/h3-4,7-8H,5-6,16H2,1-2H3,(H,18,19). The lowest BCUT2D eigenvalue weighted by molar-refractivity contribution is -0.137. The average molecular weight is 303 g/mol. The molecule has 0 aromatic heterocycles. The molecule has 1 amide bonds. The molecule has 0 spiro atoms. The number of amides is 1. The highest BCUT2D eigenvalue weighted by Gasteiger charge is 2.13. The Morgan fingerprint density at radius 2 is 2.18 bits per heavy atom. The molecule has 0 radical (unpaired) electrons. The summed E-state index contributed by atoms with van der Waals surface area (Å²) < 4.78 is 10.1. The topological polar surface area (TPSA) is 114 Å². The van der Waals surface area contributed by atoms with Gasteiger partial charge in [-0.15, -0.1) is 0 Å². The van der Waals surface area contributed by atoms with E-state index in [1.807, 2.05) is 6.07 Å². The van der Waals surface area contributed by atoms with E-state index in [1.165, 1.54) is 26.2 Å². The van der Waals surface area contributed by atoms with Gasteiger partial charge in [-0.3, -0.25) is 4.79 Å². The Hall–Kier alpha value is -2.85. The third-order valence-electron chi connectivity index (χ3n) is 2.53. The summed E-state index contributed by atoms with van der Waals surface area (Å²) in [5.41, 5.74) is 6.29. The highest BCUT2D eigenvalue weighted by atomic mass is 16.5. The fourth-order valence-electron chi connectivity index (χ4n) is 1.62. The number of nitrogens with one attached hydrogen (secondary N) is 1. The molecule has 1 aromatic rings. The fourth-order valence-corrected chi connectivity index (χ4v) is 1.62. The summed E-state index contributed by atoms with van der Waals surface area (Å²) in [5, 5.41) is 11.3. The fraction of sp³-hybridized carbons (Fsp3) is 0.267. The summed E-state index contributed by atoms with van der Waals surface area (Å²) in [7, 11) is 1.21. The lowest BCUT2D eigenvalue weighted by Crippen LogP contribution is -2.25. The molecular weight excluding hydrogens is 286 g/mol. The first kappa shape index (κ1) is 17.2. The molecule has 116 valence electrons. The van der Waals surface area contributed by atoms with Crippen molar-refractivity contribution in [3.63, 3.8) is 0 Å². The quantitative estimate of drug-likeness (QED) is 0.585. The summed E-state index contributed by atoms with van der Waals surface area (Å²) in [5.74, 6) is -0.713. The van der Waals surface area contributed by atoms with E-state index < -0.39 is 11.9 Å². The summed E-state index contributed by atoms with van der Waals surface area (Å²) in [6, 6.07) is 6.71. The number of esters is 1. The van der Waals surface area contributed by atoms with E-state index in [0.29, 0.717) is 23.4 Å². The predicted molar refractivity (Wildman–Crippen MR) is 79.5 cm³/mol. The first-order chi connectivity index (χ1) is 10.5. The van der Waals surface area contributed by atoms with Crippen LogP contribution in [0.15, 0.2) is 23.9 Å². The molecule has 0 bridgehead atoms. The number of methoxy groups -OCH3 is 1. The summed E-state index contributed by atoms with van der Waals surface area (Å²) in [4.78, 5) is 22.9. The number of ether oxygens (including phenoxy) is 2. The molecule has 0 aliphatic rings. The average Bonchev–Trinajstić information content (AvgIpc) is 2.51. The van der Waals surface area contributed by atoms with Crippen molar-refractivity contribution in [2.45, 2.75) is 6.92 Å². The van der Waals surface area contributed by atoms with Crippen LogP contribution in [0.5, 0.6) is 5.75 Å². The highest BCUT2D eigenvalue weighted by Crippen LogP contribution is 2.23. The predicted octanol–water partition coefficient (Wildman–Crippen LogP) is 0.546. The van der Waals surface area contributed by atoms with E-state index in [1.54, 1.807) is 12.1 Å². The van der Waals surface area contributed by atoms with E-state index in [4.69, 9.17) is 15.7 Å². The van der Waals surface area contributed by atoms with E-state index in [0.717, 1.165) is 0 Å². The Bertz CT molecular complexity index is 632. The van der Waals surface area contributed by atoms with Gasteiger partial charge in [-0.2, -0.15) is 5.26 Å². The normalized spacial score (nSPS) is 10.5. The van der Waals surface area contributed by atoms with Gasteiger partial charge >= 0.3 is 5.97 Å². The second kappa shape index (κ2) is 8.44. The maximum absolute atomic E-state index is 11.7. The van der Waals surface area contributed by atoms with E-state index >= 15 is 0 Å². The largest absolute Gasteiger partial charge is 0.492 e. The first-order valence-corrected chi connectivity index (χ1v) is 6.46. The monoisotopic (exact) mass is 303 g/mol. The van der Waals surface area contributed by atoms with Crippen molar-refractivity contribution in [2.75, 3.05) is 20.3 Å². The number of nitrogens with two attached hydrogens (primary N) is 1. The van der Waals surface area contributed by atoms with Crippen LogP contribution < -0.4 is 15.8 Å². The van der Waals surface area contributed by atoms with Gasteiger partial charge in [0, 0.05) is 19.0 Å².